The highest BCUT2D eigenvalue weighted by Crippen LogP contribution is 2.44. The van der Waals surface area contributed by atoms with Gasteiger partial charge in [0.05, 0.1) is 33.9 Å². The number of nitrogens with zero attached hydrogens (tertiary/aromatic N) is 4. The number of carbonyl (C=O) groups excluding carboxylic acids is 1. The average Bonchev–Trinajstić information content (AvgIpc) is 2.97. The number of halogens is 3. The van der Waals surface area contributed by atoms with Gasteiger partial charge in [-0.2, -0.15) is 8.78 Å². The van der Waals surface area contributed by atoms with Gasteiger partial charge in [0.25, 0.3) is 5.91 Å². The van der Waals surface area contributed by atoms with E-state index in [1.165, 1.54) is 31.2 Å². The summed E-state index contributed by atoms with van der Waals surface area (Å²) >= 11 is -1.75. The lowest BCUT2D eigenvalue weighted by Crippen LogP contribution is -2.19. The predicted molar refractivity (Wildman–Crippen MR) is 97.1 cm³/mol. The summed E-state index contributed by atoms with van der Waals surface area (Å²) in [5.74, 6) is -0.798. The summed E-state index contributed by atoms with van der Waals surface area (Å²) in [4.78, 5) is 12.2. The molecule has 1 aromatic heterocycles. The minimum absolute atomic E-state index is 0.0579. The van der Waals surface area contributed by atoms with E-state index in [4.69, 9.17) is 4.74 Å². The molecule has 12 heteroatoms. The van der Waals surface area contributed by atoms with Crippen LogP contribution in [-0.4, -0.2) is 48.2 Å². The second-order valence-electron chi connectivity index (χ2n) is 4.69. The van der Waals surface area contributed by atoms with Crippen LogP contribution in [0.1, 0.15) is 15.9 Å². The number of benzene rings is 1. The molecule has 2 aromatic rings. The minimum Gasteiger partial charge on any atom is -0.495 e. The molecule has 2 rings (SSSR count). The molecule has 1 aromatic carbocycles. The van der Waals surface area contributed by atoms with Gasteiger partial charge in [-0.05, 0) is 43.3 Å². The fourth-order valence-corrected chi connectivity index (χ4v) is 4.03. The Bertz CT molecular complexity index is 858. The first-order chi connectivity index (χ1) is 11.7. The SMILES string of the molecule is C=IC(F)(F)c1ccc(C(=O)Nc2nnnn2C)c(OC)c1S(C)=O. The molecule has 8 nitrogen and oxygen atoms in total. The van der Waals surface area contributed by atoms with Crippen molar-refractivity contribution in [3.63, 3.8) is 0 Å². The molecule has 0 spiro atoms. The van der Waals surface area contributed by atoms with Gasteiger partial charge in [0, 0.05) is 13.3 Å². The number of nitrogens with one attached hydrogen (secondary N) is 1. The molecule has 0 fully saturated rings. The molecule has 0 bridgehead atoms. The fourth-order valence-electron chi connectivity index (χ4n) is 2.03. The molecule has 0 saturated carbocycles. The van der Waals surface area contributed by atoms with Crippen LogP contribution >= 0.6 is 20.7 Å². The molecule has 0 saturated heterocycles. The Morgan fingerprint density at radius 3 is 2.64 bits per heavy atom. The third-order valence-electron chi connectivity index (χ3n) is 3.17. The fraction of sp³-hybridized carbons (Fsp3) is 0.308. The normalized spacial score (nSPS) is 12.7. The molecule has 136 valence electrons. The Balaban J connectivity index is 2.58. The number of hydrogen-bond acceptors (Lipinski definition) is 6. The summed E-state index contributed by atoms with van der Waals surface area (Å²) < 4.78 is 46.9. The molecule has 0 aliphatic rings. The van der Waals surface area contributed by atoms with Crippen molar-refractivity contribution >= 4 is 47.9 Å². The van der Waals surface area contributed by atoms with Crippen molar-refractivity contribution in [1.82, 2.24) is 20.2 Å². The van der Waals surface area contributed by atoms with E-state index in [9.17, 15) is 17.8 Å². The van der Waals surface area contributed by atoms with E-state index in [0.29, 0.717) is 0 Å². The Hall–Kier alpha value is -1.83. The molecular weight excluding hydrogens is 471 g/mol. The number of tetrazole rings is 1. The molecule has 1 N–H and O–H groups in total. The van der Waals surface area contributed by atoms with Crippen molar-refractivity contribution in [1.29, 1.82) is 0 Å². The van der Waals surface area contributed by atoms with Crippen molar-refractivity contribution < 1.29 is 22.5 Å². The van der Waals surface area contributed by atoms with Gasteiger partial charge in [-0.1, -0.05) is 9.61 Å². The zero-order valence-electron chi connectivity index (χ0n) is 13.4. The van der Waals surface area contributed by atoms with Gasteiger partial charge in [-0.25, -0.2) is 4.68 Å². The highest BCUT2D eigenvalue weighted by Gasteiger charge is 2.35. The number of hydrogen-bond donors (Lipinski definition) is 1. The lowest BCUT2D eigenvalue weighted by Gasteiger charge is -2.19. The van der Waals surface area contributed by atoms with Crippen LogP contribution < -0.4 is 10.1 Å². The lowest BCUT2D eigenvalue weighted by atomic mass is 10.1. The standard InChI is InChI=1S/C13H14F2IN5O3S/c1-16-13(14,15)8-6-5-7(9(24-3)10(8)25(4)23)11(22)17-12-18-19-20-21(12)2/h5-6H,1H2,2-4H3,(H,17,18,20,22). The molecular formula is C13H14F2IN5O3S. The van der Waals surface area contributed by atoms with Crippen LogP contribution in [0.2, 0.25) is 0 Å². The number of alkyl halides is 3. The first-order valence-electron chi connectivity index (χ1n) is 6.58. The number of aryl methyl sites for hydroxylation is 1. The first kappa shape index (κ1) is 19.5. The highest BCUT2D eigenvalue weighted by atomic mass is 127. The van der Waals surface area contributed by atoms with Gasteiger partial charge in [0.2, 0.25) is 5.95 Å². The predicted octanol–water partition coefficient (Wildman–Crippen LogP) is 1.66. The third kappa shape index (κ3) is 3.89. The Morgan fingerprint density at radius 2 is 2.16 bits per heavy atom. The topological polar surface area (TPSA) is 99.0 Å². The first-order valence-corrected chi connectivity index (χ1v) is 10.7. The number of methoxy groups -OCH3 is 1. The molecule has 0 aliphatic carbocycles. The van der Waals surface area contributed by atoms with Crippen LogP contribution in [0.5, 0.6) is 5.75 Å². The van der Waals surface area contributed by atoms with E-state index in [0.717, 1.165) is 6.07 Å². The number of amides is 1. The quantitative estimate of drug-likeness (QED) is 0.494. The Labute approximate surface area is 154 Å². The van der Waals surface area contributed by atoms with Crippen molar-refractivity contribution in [2.45, 2.75) is 8.82 Å². The number of ether oxygens (including phenoxy) is 1. The summed E-state index contributed by atoms with van der Waals surface area (Å²) in [6.45, 7) is 0. The molecule has 0 aliphatic heterocycles. The zero-order valence-corrected chi connectivity index (χ0v) is 16.4. The van der Waals surface area contributed by atoms with E-state index in [-0.39, 0.29) is 22.2 Å². The van der Waals surface area contributed by atoms with Crippen LogP contribution in [0.25, 0.3) is 0 Å². The zero-order chi connectivity index (χ0) is 18.8. The Kier molecular flexibility index (Phi) is 5.92. The highest BCUT2D eigenvalue weighted by molar-refractivity contribution is 14.2. The van der Waals surface area contributed by atoms with Crippen molar-refractivity contribution in [3.8, 4) is 5.75 Å². The Morgan fingerprint density at radius 1 is 1.48 bits per heavy atom. The number of carbonyl (C=O) groups is 1. The smallest absolute Gasteiger partial charge is 0.317 e. The second-order valence-corrected chi connectivity index (χ2v) is 8.12. The van der Waals surface area contributed by atoms with Gasteiger partial charge in [0.1, 0.15) is 5.75 Å². The van der Waals surface area contributed by atoms with Gasteiger partial charge < -0.3 is 4.74 Å². The van der Waals surface area contributed by atoms with E-state index >= 15 is 0 Å². The van der Waals surface area contributed by atoms with Crippen LogP contribution in [-0.2, 0) is 21.8 Å². The summed E-state index contributed by atoms with van der Waals surface area (Å²) in [7, 11) is 0.920. The maximum Gasteiger partial charge on any atom is 0.317 e. The van der Waals surface area contributed by atoms with Crippen LogP contribution in [0.4, 0.5) is 14.7 Å². The van der Waals surface area contributed by atoms with Gasteiger partial charge >= 0.3 is 3.93 Å². The van der Waals surface area contributed by atoms with Crippen molar-refractivity contribution in [2.24, 2.45) is 7.05 Å². The van der Waals surface area contributed by atoms with E-state index in [1.807, 2.05) is 0 Å². The van der Waals surface area contributed by atoms with Crippen LogP contribution in [0, 0.1) is 0 Å². The largest absolute Gasteiger partial charge is 0.495 e. The molecule has 25 heavy (non-hydrogen) atoms. The van der Waals surface area contributed by atoms with E-state index in [2.05, 4.69) is 25.4 Å². The third-order valence-corrected chi connectivity index (χ3v) is 5.69. The number of anilines is 1. The lowest BCUT2D eigenvalue weighted by molar-refractivity contribution is 0.101. The monoisotopic (exact) mass is 485 g/mol. The van der Waals surface area contributed by atoms with E-state index in [1.54, 1.807) is 0 Å². The van der Waals surface area contributed by atoms with E-state index < -0.39 is 46.9 Å². The van der Waals surface area contributed by atoms with Gasteiger partial charge in [0.15, 0.2) is 0 Å². The summed E-state index contributed by atoms with van der Waals surface area (Å²) in [6.07, 6.45) is 1.24. The van der Waals surface area contributed by atoms with Gasteiger partial charge in [-0.15, -0.1) is 0 Å². The summed E-state index contributed by atoms with van der Waals surface area (Å²) in [6, 6.07) is 2.27. The molecule has 1 atom stereocenters. The van der Waals surface area contributed by atoms with Crippen molar-refractivity contribution in [3.05, 3.63) is 23.3 Å². The van der Waals surface area contributed by atoms with Crippen LogP contribution in [0.3, 0.4) is 0 Å². The molecule has 0 radical (unpaired) electrons. The van der Waals surface area contributed by atoms with Gasteiger partial charge in [-0.3, -0.25) is 14.3 Å². The molecule has 1 unspecified atom stereocenters. The maximum absolute atomic E-state index is 14.2. The number of rotatable bonds is 6. The maximum atomic E-state index is 14.2. The number of aromatic nitrogens is 4. The molecule has 1 amide bonds. The summed E-state index contributed by atoms with van der Waals surface area (Å²) in [5.41, 5.74) is -0.498. The average molecular weight is 485 g/mol. The van der Waals surface area contributed by atoms with Crippen LogP contribution in [0.15, 0.2) is 17.0 Å². The molecule has 1 heterocycles. The summed E-state index contributed by atoms with van der Waals surface area (Å²) in [5, 5.41) is 13.0. The minimum atomic E-state index is -3.20. The second kappa shape index (κ2) is 7.59. The van der Waals surface area contributed by atoms with Crippen molar-refractivity contribution in [2.75, 3.05) is 18.7 Å².